The molecule has 0 aromatic heterocycles. The summed E-state index contributed by atoms with van der Waals surface area (Å²) < 4.78 is 0. The third-order valence-electron chi connectivity index (χ3n) is 3.49. The van der Waals surface area contributed by atoms with Crippen LogP contribution in [0, 0.1) is 5.92 Å². The third-order valence-corrected chi connectivity index (χ3v) is 3.49. The van der Waals surface area contributed by atoms with Gasteiger partial charge in [0.1, 0.15) is 0 Å². The van der Waals surface area contributed by atoms with E-state index in [1.807, 2.05) is 25.1 Å². The molecule has 0 bridgehead atoms. The summed E-state index contributed by atoms with van der Waals surface area (Å²) in [5.41, 5.74) is 1.30. The predicted octanol–water partition coefficient (Wildman–Crippen LogP) is 2.54. The molecule has 2 unspecified atom stereocenters. The van der Waals surface area contributed by atoms with Crippen molar-refractivity contribution in [3.8, 4) is 0 Å². The highest BCUT2D eigenvalue weighted by molar-refractivity contribution is 5.78. The van der Waals surface area contributed by atoms with Gasteiger partial charge >= 0.3 is 0 Å². The van der Waals surface area contributed by atoms with E-state index in [1.54, 1.807) is 0 Å². The molecule has 0 aliphatic carbocycles. The topological polar surface area (TPSA) is 41.1 Å². The number of amides is 1. The monoisotopic (exact) mass is 262 g/mol. The summed E-state index contributed by atoms with van der Waals surface area (Å²) in [7, 11) is 0. The zero-order chi connectivity index (χ0) is 14.3. The van der Waals surface area contributed by atoms with Gasteiger partial charge in [-0.1, -0.05) is 51.1 Å². The molecule has 0 radical (unpaired) electrons. The largest absolute Gasteiger partial charge is 0.352 e. The zero-order valence-electron chi connectivity index (χ0n) is 12.4. The number of hydrogen-bond acceptors (Lipinski definition) is 2. The molecule has 3 heteroatoms. The van der Waals surface area contributed by atoms with Crippen LogP contribution in [0.1, 0.15) is 39.2 Å². The Hall–Kier alpha value is -1.35. The second-order valence-electron chi connectivity index (χ2n) is 5.54. The number of carbonyl (C=O) groups excluding carboxylic acids is 1. The van der Waals surface area contributed by atoms with Crippen molar-refractivity contribution in [2.75, 3.05) is 13.1 Å². The first kappa shape index (κ1) is 15.7. The maximum atomic E-state index is 11.7. The fourth-order valence-electron chi connectivity index (χ4n) is 1.77. The normalized spacial score (nSPS) is 14.2. The van der Waals surface area contributed by atoms with E-state index in [9.17, 15) is 4.79 Å². The van der Waals surface area contributed by atoms with Crippen LogP contribution in [0.25, 0.3) is 0 Å². The van der Waals surface area contributed by atoms with E-state index in [4.69, 9.17) is 0 Å². The van der Waals surface area contributed by atoms with Crippen LogP contribution in [0.3, 0.4) is 0 Å². The summed E-state index contributed by atoms with van der Waals surface area (Å²) in [5.74, 6) is 0.949. The lowest BCUT2D eigenvalue weighted by molar-refractivity contribution is -0.121. The summed E-state index contributed by atoms with van der Waals surface area (Å²) in [4.78, 5) is 11.7. The van der Waals surface area contributed by atoms with E-state index in [2.05, 4.69) is 43.5 Å². The lowest BCUT2D eigenvalue weighted by atomic mass is 10.0. The molecular weight excluding hydrogens is 236 g/mol. The summed E-state index contributed by atoms with van der Waals surface area (Å²) in [6, 6.07) is 10.6. The van der Waals surface area contributed by atoms with Gasteiger partial charge in [0.25, 0.3) is 0 Å². The Morgan fingerprint density at radius 1 is 1.11 bits per heavy atom. The lowest BCUT2D eigenvalue weighted by Gasteiger charge is -2.18. The molecule has 3 nitrogen and oxygen atoms in total. The molecule has 1 rings (SSSR count). The predicted molar refractivity (Wildman–Crippen MR) is 80.2 cm³/mol. The SMILES string of the molecule is CC(CNCC(=O)NC(C)C(C)C)c1ccccc1. The second kappa shape index (κ2) is 7.95. The molecule has 0 aliphatic rings. The minimum Gasteiger partial charge on any atom is -0.352 e. The van der Waals surface area contributed by atoms with Crippen molar-refractivity contribution in [3.05, 3.63) is 35.9 Å². The first-order valence-electron chi connectivity index (χ1n) is 7.05. The van der Waals surface area contributed by atoms with Gasteiger partial charge in [0, 0.05) is 12.6 Å². The van der Waals surface area contributed by atoms with E-state index in [1.165, 1.54) is 5.56 Å². The Morgan fingerprint density at radius 3 is 2.32 bits per heavy atom. The van der Waals surface area contributed by atoms with Crippen molar-refractivity contribution in [1.29, 1.82) is 0 Å². The molecule has 0 saturated heterocycles. The van der Waals surface area contributed by atoms with E-state index < -0.39 is 0 Å². The molecule has 106 valence electrons. The number of benzene rings is 1. The number of hydrogen-bond donors (Lipinski definition) is 2. The molecule has 1 aromatic rings. The van der Waals surface area contributed by atoms with Crippen molar-refractivity contribution in [2.24, 2.45) is 5.92 Å². The first-order chi connectivity index (χ1) is 9.00. The van der Waals surface area contributed by atoms with Gasteiger partial charge in [-0.3, -0.25) is 4.79 Å². The molecule has 0 saturated carbocycles. The van der Waals surface area contributed by atoms with E-state index in [0.29, 0.717) is 18.4 Å². The fraction of sp³-hybridized carbons (Fsp3) is 0.562. The highest BCUT2D eigenvalue weighted by atomic mass is 16.1. The molecule has 2 N–H and O–H groups in total. The second-order valence-corrected chi connectivity index (χ2v) is 5.54. The standard InChI is InChI=1S/C16H26N2O/c1-12(2)14(4)18-16(19)11-17-10-13(3)15-8-6-5-7-9-15/h5-9,12-14,17H,10-11H2,1-4H3,(H,18,19). The Morgan fingerprint density at radius 2 is 1.74 bits per heavy atom. The van der Waals surface area contributed by atoms with Crippen LogP contribution in [0.15, 0.2) is 30.3 Å². The molecule has 0 spiro atoms. The quantitative estimate of drug-likeness (QED) is 0.793. The summed E-state index contributed by atoms with van der Waals surface area (Å²) in [6.45, 7) is 9.61. The summed E-state index contributed by atoms with van der Waals surface area (Å²) in [5, 5.41) is 6.21. The highest BCUT2D eigenvalue weighted by Crippen LogP contribution is 2.12. The maximum Gasteiger partial charge on any atom is 0.234 e. The average Bonchev–Trinajstić information content (AvgIpc) is 2.39. The van der Waals surface area contributed by atoms with Gasteiger partial charge in [-0.2, -0.15) is 0 Å². The zero-order valence-corrected chi connectivity index (χ0v) is 12.4. The van der Waals surface area contributed by atoms with Crippen molar-refractivity contribution in [1.82, 2.24) is 10.6 Å². The lowest BCUT2D eigenvalue weighted by Crippen LogP contribution is -2.41. The van der Waals surface area contributed by atoms with Crippen molar-refractivity contribution < 1.29 is 4.79 Å². The molecule has 0 aliphatic heterocycles. The Balaban J connectivity index is 2.25. The molecule has 19 heavy (non-hydrogen) atoms. The summed E-state index contributed by atoms with van der Waals surface area (Å²) >= 11 is 0. The molecule has 1 amide bonds. The van der Waals surface area contributed by atoms with Crippen LogP contribution >= 0.6 is 0 Å². The summed E-state index contributed by atoms with van der Waals surface area (Å²) in [6.07, 6.45) is 0. The molecule has 1 aromatic carbocycles. The molecular formula is C16H26N2O. The Kier molecular flexibility index (Phi) is 6.57. The van der Waals surface area contributed by atoms with Gasteiger partial charge in [-0.25, -0.2) is 0 Å². The van der Waals surface area contributed by atoms with Crippen molar-refractivity contribution in [3.63, 3.8) is 0 Å². The van der Waals surface area contributed by atoms with Crippen molar-refractivity contribution in [2.45, 2.75) is 39.7 Å². The molecule has 0 heterocycles. The number of rotatable bonds is 7. The van der Waals surface area contributed by atoms with Gasteiger partial charge in [-0.05, 0) is 24.3 Å². The van der Waals surface area contributed by atoms with Gasteiger partial charge in [0.2, 0.25) is 5.91 Å². The van der Waals surface area contributed by atoms with Crippen molar-refractivity contribution >= 4 is 5.91 Å². The van der Waals surface area contributed by atoms with Crippen LogP contribution in [0.5, 0.6) is 0 Å². The van der Waals surface area contributed by atoms with Crippen LogP contribution in [-0.4, -0.2) is 25.0 Å². The Bertz CT molecular complexity index is 376. The highest BCUT2D eigenvalue weighted by Gasteiger charge is 2.11. The van der Waals surface area contributed by atoms with E-state index >= 15 is 0 Å². The van der Waals surface area contributed by atoms with Crippen LogP contribution in [0.4, 0.5) is 0 Å². The van der Waals surface area contributed by atoms with E-state index in [-0.39, 0.29) is 11.9 Å². The Labute approximate surface area is 116 Å². The average molecular weight is 262 g/mol. The molecule has 2 atom stereocenters. The smallest absolute Gasteiger partial charge is 0.234 e. The van der Waals surface area contributed by atoms with Gasteiger partial charge in [-0.15, -0.1) is 0 Å². The van der Waals surface area contributed by atoms with Gasteiger partial charge in [0.05, 0.1) is 6.54 Å². The van der Waals surface area contributed by atoms with Crippen LogP contribution in [-0.2, 0) is 4.79 Å². The minimum atomic E-state index is 0.0708. The van der Waals surface area contributed by atoms with E-state index in [0.717, 1.165) is 6.54 Å². The third kappa shape index (κ3) is 5.88. The minimum absolute atomic E-state index is 0.0708. The van der Waals surface area contributed by atoms with Crippen LogP contribution < -0.4 is 10.6 Å². The number of carbonyl (C=O) groups is 1. The fourth-order valence-corrected chi connectivity index (χ4v) is 1.77. The number of nitrogens with one attached hydrogen (secondary N) is 2. The maximum absolute atomic E-state index is 11.7. The first-order valence-corrected chi connectivity index (χ1v) is 7.05. The van der Waals surface area contributed by atoms with Crippen LogP contribution in [0.2, 0.25) is 0 Å². The van der Waals surface area contributed by atoms with Gasteiger partial charge < -0.3 is 10.6 Å². The molecule has 0 fully saturated rings. The van der Waals surface area contributed by atoms with Gasteiger partial charge in [0.15, 0.2) is 0 Å².